The van der Waals surface area contributed by atoms with E-state index in [4.69, 9.17) is 4.74 Å². The lowest BCUT2D eigenvalue weighted by Crippen LogP contribution is -2.16. The molecule has 0 fully saturated rings. The fraction of sp³-hybridized carbons (Fsp3) is 0.0833. The van der Waals surface area contributed by atoms with Gasteiger partial charge in [0.05, 0.1) is 7.11 Å². The van der Waals surface area contributed by atoms with Gasteiger partial charge in [0, 0.05) is 22.9 Å². The zero-order valence-corrected chi connectivity index (χ0v) is 17.4. The van der Waals surface area contributed by atoms with Crippen LogP contribution >= 0.6 is 0 Å². The van der Waals surface area contributed by atoms with Crippen LogP contribution < -0.4 is 10.1 Å². The molecule has 0 saturated heterocycles. The number of methoxy groups -OCH3 is 1. The fourth-order valence-electron chi connectivity index (χ4n) is 3.02. The number of ketones is 1. The number of hydrogen-bond donors (Lipinski definition) is 1. The highest BCUT2D eigenvalue weighted by molar-refractivity contribution is 6.10. The summed E-state index contributed by atoms with van der Waals surface area (Å²) < 4.78 is 5.17. The van der Waals surface area contributed by atoms with Crippen LogP contribution in [0.5, 0.6) is 5.75 Å². The van der Waals surface area contributed by atoms with Crippen molar-refractivity contribution in [2.24, 2.45) is 0 Å². The number of nitrogens with zero attached hydrogens (tertiary/aromatic N) is 4. The summed E-state index contributed by atoms with van der Waals surface area (Å²) >= 11 is 0. The van der Waals surface area contributed by atoms with Crippen molar-refractivity contribution in [1.82, 2.24) is 19.9 Å². The van der Waals surface area contributed by atoms with Crippen LogP contribution in [0.15, 0.2) is 72.9 Å². The lowest BCUT2D eigenvalue weighted by Gasteiger charge is -2.08. The van der Waals surface area contributed by atoms with Gasteiger partial charge in [-0.3, -0.25) is 19.9 Å². The first-order valence-corrected chi connectivity index (χ1v) is 9.78. The highest BCUT2D eigenvalue weighted by Crippen LogP contribution is 2.18. The average molecular weight is 425 g/mol. The quantitative estimate of drug-likeness (QED) is 0.469. The van der Waals surface area contributed by atoms with Gasteiger partial charge >= 0.3 is 0 Å². The zero-order chi connectivity index (χ0) is 22.5. The minimum absolute atomic E-state index is 0.125. The van der Waals surface area contributed by atoms with Gasteiger partial charge in [-0.2, -0.15) is 9.97 Å². The Hall–Kier alpha value is -4.46. The number of ether oxygens (including phenoxy) is 1. The number of benzene rings is 2. The molecule has 0 spiro atoms. The van der Waals surface area contributed by atoms with Gasteiger partial charge < -0.3 is 4.74 Å². The summed E-state index contributed by atoms with van der Waals surface area (Å²) in [5.41, 5.74) is 1.91. The Morgan fingerprint density at radius 1 is 0.844 bits per heavy atom. The molecule has 2 aromatic heterocycles. The SMILES string of the molecule is COc1cccc(C(=O)c2ccc(C(=O)Nc3nc(C)nc(-c4ccccn4)n3)cc2)c1. The summed E-state index contributed by atoms with van der Waals surface area (Å²) in [6, 6.07) is 18.7. The first-order valence-electron chi connectivity index (χ1n) is 9.78. The van der Waals surface area contributed by atoms with Crippen LogP contribution in [0.1, 0.15) is 32.1 Å². The molecule has 8 heteroatoms. The summed E-state index contributed by atoms with van der Waals surface area (Å²) in [6.45, 7) is 1.71. The van der Waals surface area contributed by atoms with Crippen molar-refractivity contribution in [3.63, 3.8) is 0 Å². The minimum atomic E-state index is -0.400. The first kappa shape index (κ1) is 20.8. The highest BCUT2D eigenvalue weighted by Gasteiger charge is 2.14. The maximum Gasteiger partial charge on any atom is 0.258 e. The molecule has 2 aromatic carbocycles. The fourth-order valence-corrected chi connectivity index (χ4v) is 3.02. The zero-order valence-electron chi connectivity index (χ0n) is 17.4. The van der Waals surface area contributed by atoms with Crippen LogP contribution in [0.4, 0.5) is 5.95 Å². The number of pyridine rings is 1. The van der Waals surface area contributed by atoms with Gasteiger partial charge in [-0.25, -0.2) is 4.98 Å². The van der Waals surface area contributed by atoms with Gasteiger partial charge in [-0.05, 0) is 43.3 Å². The van der Waals surface area contributed by atoms with E-state index in [2.05, 4.69) is 25.3 Å². The van der Waals surface area contributed by atoms with E-state index in [1.54, 1.807) is 80.9 Å². The lowest BCUT2D eigenvalue weighted by atomic mass is 10.0. The number of aryl methyl sites for hydroxylation is 1. The molecule has 0 atom stereocenters. The molecule has 1 N–H and O–H groups in total. The number of aromatic nitrogens is 4. The second-order valence-corrected chi connectivity index (χ2v) is 6.84. The Labute approximate surface area is 184 Å². The highest BCUT2D eigenvalue weighted by atomic mass is 16.5. The van der Waals surface area contributed by atoms with Crippen LogP contribution in [0.25, 0.3) is 11.5 Å². The Morgan fingerprint density at radius 2 is 1.62 bits per heavy atom. The topological polar surface area (TPSA) is 107 Å². The Kier molecular flexibility index (Phi) is 5.94. The van der Waals surface area contributed by atoms with Crippen molar-refractivity contribution in [1.29, 1.82) is 0 Å². The van der Waals surface area contributed by atoms with E-state index in [-0.39, 0.29) is 11.7 Å². The molecule has 2 heterocycles. The molecule has 0 saturated carbocycles. The molecule has 0 radical (unpaired) electrons. The predicted octanol–water partition coefficient (Wildman–Crippen LogP) is 3.73. The van der Waals surface area contributed by atoms with Gasteiger partial charge in [0.1, 0.15) is 17.3 Å². The standard InChI is InChI=1S/C24H19N5O3/c1-15-26-22(20-8-3-4-13-25-20)28-24(27-15)29-23(31)17-11-9-16(10-12-17)21(30)18-6-5-7-19(14-18)32-2/h3-14H,1-2H3,(H,26,27,28,29,31). The van der Waals surface area contributed by atoms with Crippen molar-refractivity contribution in [3.8, 4) is 17.3 Å². The maximum atomic E-state index is 12.7. The van der Waals surface area contributed by atoms with Crippen LogP contribution in [-0.2, 0) is 0 Å². The summed E-state index contributed by atoms with van der Waals surface area (Å²) in [5.74, 6) is 0.985. The van der Waals surface area contributed by atoms with E-state index in [1.807, 2.05) is 6.07 Å². The van der Waals surface area contributed by atoms with E-state index in [9.17, 15) is 9.59 Å². The molecule has 0 bridgehead atoms. The van der Waals surface area contributed by atoms with Crippen molar-refractivity contribution >= 4 is 17.6 Å². The van der Waals surface area contributed by atoms with E-state index >= 15 is 0 Å². The summed E-state index contributed by atoms with van der Waals surface area (Å²) in [5, 5.41) is 2.67. The number of carbonyl (C=O) groups excluding carboxylic acids is 2. The van der Waals surface area contributed by atoms with E-state index in [1.165, 1.54) is 0 Å². The smallest absolute Gasteiger partial charge is 0.258 e. The Balaban J connectivity index is 1.51. The molecule has 0 aliphatic carbocycles. The third-order valence-electron chi connectivity index (χ3n) is 4.61. The first-order chi connectivity index (χ1) is 15.5. The molecule has 0 unspecified atom stereocenters. The third-order valence-corrected chi connectivity index (χ3v) is 4.61. The van der Waals surface area contributed by atoms with Gasteiger partial charge in [-0.15, -0.1) is 0 Å². The Morgan fingerprint density at radius 3 is 2.34 bits per heavy atom. The van der Waals surface area contributed by atoms with Crippen LogP contribution in [0.3, 0.4) is 0 Å². The van der Waals surface area contributed by atoms with Crippen molar-refractivity contribution in [2.75, 3.05) is 12.4 Å². The molecule has 158 valence electrons. The molecule has 4 aromatic rings. The molecule has 0 aliphatic rings. The third kappa shape index (κ3) is 4.65. The van der Waals surface area contributed by atoms with Crippen LogP contribution in [0, 0.1) is 6.92 Å². The van der Waals surface area contributed by atoms with Gasteiger partial charge in [0.2, 0.25) is 5.95 Å². The molecule has 32 heavy (non-hydrogen) atoms. The van der Waals surface area contributed by atoms with Crippen LogP contribution in [-0.4, -0.2) is 38.7 Å². The second-order valence-electron chi connectivity index (χ2n) is 6.84. The minimum Gasteiger partial charge on any atom is -0.497 e. The summed E-state index contributed by atoms with van der Waals surface area (Å²) in [6.07, 6.45) is 1.64. The lowest BCUT2D eigenvalue weighted by molar-refractivity contribution is 0.101. The number of rotatable bonds is 6. The molecule has 8 nitrogen and oxygen atoms in total. The summed E-state index contributed by atoms with van der Waals surface area (Å²) in [4.78, 5) is 42.4. The van der Waals surface area contributed by atoms with E-state index in [0.29, 0.717) is 39.8 Å². The van der Waals surface area contributed by atoms with E-state index < -0.39 is 5.91 Å². The van der Waals surface area contributed by atoms with Crippen LogP contribution in [0.2, 0.25) is 0 Å². The van der Waals surface area contributed by atoms with Crippen molar-refractivity contribution in [3.05, 3.63) is 95.4 Å². The van der Waals surface area contributed by atoms with Gasteiger partial charge in [0.25, 0.3) is 5.91 Å². The normalized spacial score (nSPS) is 10.4. The number of carbonyl (C=O) groups is 2. The Bertz CT molecular complexity index is 1270. The maximum absolute atomic E-state index is 12.7. The predicted molar refractivity (Wildman–Crippen MR) is 119 cm³/mol. The van der Waals surface area contributed by atoms with E-state index in [0.717, 1.165) is 0 Å². The number of amides is 1. The molecular formula is C24H19N5O3. The number of nitrogens with one attached hydrogen (secondary N) is 1. The van der Waals surface area contributed by atoms with Crippen molar-refractivity contribution in [2.45, 2.75) is 6.92 Å². The largest absolute Gasteiger partial charge is 0.497 e. The van der Waals surface area contributed by atoms with Gasteiger partial charge in [-0.1, -0.05) is 30.3 Å². The monoisotopic (exact) mass is 425 g/mol. The molecule has 4 rings (SSSR count). The molecular weight excluding hydrogens is 406 g/mol. The molecule has 1 amide bonds. The molecule has 0 aliphatic heterocycles. The second kappa shape index (κ2) is 9.13. The summed E-state index contributed by atoms with van der Waals surface area (Å²) in [7, 11) is 1.55. The number of hydrogen-bond acceptors (Lipinski definition) is 7. The number of anilines is 1. The van der Waals surface area contributed by atoms with Gasteiger partial charge in [0.15, 0.2) is 11.6 Å². The average Bonchev–Trinajstić information content (AvgIpc) is 2.84. The van der Waals surface area contributed by atoms with Crippen molar-refractivity contribution < 1.29 is 14.3 Å².